The molecule has 0 fully saturated rings. The van der Waals surface area contributed by atoms with Crippen molar-refractivity contribution in [3.05, 3.63) is 131 Å². The maximum absolute atomic E-state index is 5.95. The first-order valence-corrected chi connectivity index (χ1v) is 9.29. The predicted octanol–water partition coefficient (Wildman–Crippen LogP) is 5.86. The van der Waals surface area contributed by atoms with Crippen LogP contribution in [0.15, 0.2) is 109 Å². The smallest absolute Gasteiger partial charge is 0.0314 e. The van der Waals surface area contributed by atoms with Crippen molar-refractivity contribution < 1.29 is 0 Å². The summed E-state index contributed by atoms with van der Waals surface area (Å²) in [5.41, 5.74) is 20.3. The molecule has 4 aromatic carbocycles. The van der Waals surface area contributed by atoms with Crippen molar-refractivity contribution in [1.82, 2.24) is 0 Å². The van der Waals surface area contributed by atoms with Crippen molar-refractivity contribution in [2.75, 3.05) is 11.5 Å². The number of nitrogen functional groups attached to an aromatic ring is 2. The monoisotopic (exact) mass is 362 g/mol. The summed E-state index contributed by atoms with van der Waals surface area (Å²) in [5, 5.41) is 0. The fraction of sp³-hybridized carbons (Fsp3) is 0. The highest BCUT2D eigenvalue weighted by atomic mass is 14.5. The predicted molar refractivity (Wildman–Crippen MR) is 120 cm³/mol. The summed E-state index contributed by atoms with van der Waals surface area (Å²) in [7, 11) is 0. The van der Waals surface area contributed by atoms with Gasteiger partial charge in [0.25, 0.3) is 0 Å². The largest absolute Gasteiger partial charge is 0.399 e. The molecule has 0 amide bonds. The van der Waals surface area contributed by atoms with E-state index >= 15 is 0 Å². The highest BCUT2D eigenvalue weighted by Crippen LogP contribution is 2.37. The zero-order valence-corrected chi connectivity index (χ0v) is 15.5. The molecule has 0 radical (unpaired) electrons. The van der Waals surface area contributed by atoms with Crippen molar-refractivity contribution in [3.8, 4) is 0 Å². The number of anilines is 2. The molecule has 28 heavy (non-hydrogen) atoms. The minimum absolute atomic E-state index is 0.755. The van der Waals surface area contributed by atoms with Crippen LogP contribution in [0, 0.1) is 0 Å². The fourth-order valence-electron chi connectivity index (χ4n) is 3.42. The van der Waals surface area contributed by atoms with Gasteiger partial charge < -0.3 is 11.5 Å². The standard InChI is InChI=1S/C26H22N2/c27-23-15-11-21(12-16-23)25(19-7-3-1-4-8-19)26(20-9-5-2-6-10-20)22-13-17-24(28)18-14-22/h1-18H,27-28H2. The molecule has 4 rings (SSSR count). The molecule has 2 nitrogen and oxygen atoms in total. The Morgan fingerprint density at radius 2 is 0.643 bits per heavy atom. The van der Waals surface area contributed by atoms with E-state index in [1.54, 1.807) is 0 Å². The molecule has 0 aliphatic carbocycles. The van der Waals surface area contributed by atoms with E-state index in [2.05, 4.69) is 72.8 Å². The van der Waals surface area contributed by atoms with Crippen LogP contribution in [0.2, 0.25) is 0 Å². The summed E-state index contributed by atoms with van der Waals surface area (Å²) < 4.78 is 0. The van der Waals surface area contributed by atoms with E-state index in [1.165, 1.54) is 0 Å². The van der Waals surface area contributed by atoms with Crippen molar-refractivity contribution in [2.45, 2.75) is 0 Å². The van der Waals surface area contributed by atoms with Gasteiger partial charge in [-0.3, -0.25) is 0 Å². The van der Waals surface area contributed by atoms with Gasteiger partial charge >= 0.3 is 0 Å². The van der Waals surface area contributed by atoms with Crippen LogP contribution in [0.4, 0.5) is 11.4 Å². The molecule has 0 bridgehead atoms. The second-order valence-corrected chi connectivity index (χ2v) is 6.73. The summed E-state index contributed by atoms with van der Waals surface area (Å²) in [6.45, 7) is 0. The van der Waals surface area contributed by atoms with Crippen LogP contribution in [-0.2, 0) is 0 Å². The van der Waals surface area contributed by atoms with Gasteiger partial charge in [0.15, 0.2) is 0 Å². The average molecular weight is 362 g/mol. The Hall–Kier alpha value is -3.78. The summed E-state index contributed by atoms with van der Waals surface area (Å²) in [5.74, 6) is 0. The van der Waals surface area contributed by atoms with E-state index in [0.717, 1.165) is 44.8 Å². The Labute approximate surface area is 165 Å². The molecule has 0 saturated heterocycles. The van der Waals surface area contributed by atoms with Crippen LogP contribution in [0.1, 0.15) is 22.3 Å². The van der Waals surface area contributed by atoms with Gasteiger partial charge in [-0.05, 0) is 57.7 Å². The van der Waals surface area contributed by atoms with E-state index in [1.807, 2.05) is 36.4 Å². The fourth-order valence-corrected chi connectivity index (χ4v) is 3.42. The summed E-state index contributed by atoms with van der Waals surface area (Å²) in [6, 6.07) is 37.0. The molecule has 4 N–H and O–H groups in total. The first kappa shape index (κ1) is 17.6. The molecule has 0 heterocycles. The third-order valence-corrected chi connectivity index (χ3v) is 4.77. The first-order chi connectivity index (χ1) is 13.7. The maximum atomic E-state index is 5.95. The van der Waals surface area contributed by atoms with Gasteiger partial charge in [0.05, 0.1) is 0 Å². The van der Waals surface area contributed by atoms with Gasteiger partial charge in [-0.15, -0.1) is 0 Å². The lowest BCUT2D eigenvalue weighted by molar-refractivity contribution is 1.50. The number of hydrogen-bond donors (Lipinski definition) is 2. The maximum Gasteiger partial charge on any atom is 0.0314 e. The minimum atomic E-state index is 0.755. The van der Waals surface area contributed by atoms with Crippen LogP contribution in [0.3, 0.4) is 0 Å². The van der Waals surface area contributed by atoms with E-state index in [4.69, 9.17) is 11.5 Å². The molecule has 0 spiro atoms. The van der Waals surface area contributed by atoms with Crippen LogP contribution >= 0.6 is 0 Å². The highest BCUT2D eigenvalue weighted by Gasteiger charge is 2.15. The zero-order valence-electron chi connectivity index (χ0n) is 15.5. The van der Waals surface area contributed by atoms with Gasteiger partial charge in [-0.1, -0.05) is 84.9 Å². The van der Waals surface area contributed by atoms with E-state index in [0.29, 0.717) is 0 Å². The third-order valence-electron chi connectivity index (χ3n) is 4.77. The molecular weight excluding hydrogens is 340 g/mol. The van der Waals surface area contributed by atoms with Crippen molar-refractivity contribution >= 4 is 22.5 Å². The Bertz CT molecular complexity index is 988. The third kappa shape index (κ3) is 3.67. The second kappa shape index (κ2) is 7.85. The molecule has 0 atom stereocenters. The second-order valence-electron chi connectivity index (χ2n) is 6.73. The van der Waals surface area contributed by atoms with Gasteiger partial charge in [-0.2, -0.15) is 0 Å². The molecule has 136 valence electrons. The number of benzene rings is 4. The summed E-state index contributed by atoms with van der Waals surface area (Å²) in [4.78, 5) is 0. The molecule has 2 heteroatoms. The van der Waals surface area contributed by atoms with Crippen LogP contribution in [0.5, 0.6) is 0 Å². The first-order valence-electron chi connectivity index (χ1n) is 9.29. The SMILES string of the molecule is Nc1ccc(C(=C(c2ccccc2)c2ccc(N)cc2)c2ccccc2)cc1. The van der Waals surface area contributed by atoms with E-state index in [-0.39, 0.29) is 0 Å². The molecular formula is C26H22N2. The summed E-state index contributed by atoms with van der Waals surface area (Å²) in [6.07, 6.45) is 0. The van der Waals surface area contributed by atoms with Crippen LogP contribution in [-0.4, -0.2) is 0 Å². The molecule has 4 aromatic rings. The van der Waals surface area contributed by atoms with Crippen molar-refractivity contribution in [3.63, 3.8) is 0 Å². The van der Waals surface area contributed by atoms with Gasteiger partial charge in [0.1, 0.15) is 0 Å². The minimum Gasteiger partial charge on any atom is -0.399 e. The molecule has 0 saturated carbocycles. The van der Waals surface area contributed by atoms with Crippen LogP contribution < -0.4 is 11.5 Å². The topological polar surface area (TPSA) is 52.0 Å². The lowest BCUT2D eigenvalue weighted by atomic mass is 9.86. The normalized spacial score (nSPS) is 11.7. The number of rotatable bonds is 4. The van der Waals surface area contributed by atoms with E-state index < -0.39 is 0 Å². The number of nitrogens with two attached hydrogens (primary N) is 2. The van der Waals surface area contributed by atoms with Crippen molar-refractivity contribution in [2.24, 2.45) is 0 Å². The van der Waals surface area contributed by atoms with E-state index in [9.17, 15) is 0 Å². The Kier molecular flexibility index (Phi) is 4.94. The lowest BCUT2D eigenvalue weighted by Crippen LogP contribution is -1.98. The Morgan fingerprint density at radius 1 is 0.357 bits per heavy atom. The van der Waals surface area contributed by atoms with Gasteiger partial charge in [0.2, 0.25) is 0 Å². The lowest BCUT2D eigenvalue weighted by Gasteiger charge is -2.18. The molecule has 0 unspecified atom stereocenters. The Balaban J connectivity index is 2.08. The molecule has 0 aliphatic heterocycles. The highest BCUT2D eigenvalue weighted by molar-refractivity contribution is 6.04. The van der Waals surface area contributed by atoms with Gasteiger partial charge in [-0.25, -0.2) is 0 Å². The quantitative estimate of drug-likeness (QED) is 0.353. The molecule has 0 aromatic heterocycles. The Morgan fingerprint density at radius 3 is 0.964 bits per heavy atom. The average Bonchev–Trinajstić information content (AvgIpc) is 2.75. The van der Waals surface area contributed by atoms with Crippen LogP contribution in [0.25, 0.3) is 11.1 Å². The number of hydrogen-bond acceptors (Lipinski definition) is 2. The zero-order chi connectivity index (χ0) is 19.3. The summed E-state index contributed by atoms with van der Waals surface area (Å²) >= 11 is 0. The van der Waals surface area contributed by atoms with Gasteiger partial charge in [0, 0.05) is 11.4 Å². The molecule has 0 aliphatic rings. The van der Waals surface area contributed by atoms with Crippen molar-refractivity contribution in [1.29, 1.82) is 0 Å².